The molecule has 0 rings (SSSR count). The summed E-state index contributed by atoms with van der Waals surface area (Å²) in [5.74, 6) is -4.85. The van der Waals surface area contributed by atoms with Gasteiger partial charge in [-0.3, -0.25) is 29.0 Å². The average molecular weight is 562 g/mol. The lowest BCUT2D eigenvalue weighted by atomic mass is 10.1. The van der Waals surface area contributed by atoms with Crippen LogP contribution in [0.1, 0.15) is 44.9 Å². The van der Waals surface area contributed by atoms with Gasteiger partial charge >= 0.3 is 5.97 Å². The van der Waals surface area contributed by atoms with E-state index >= 15 is 0 Å². The number of hydrogen-bond acceptors (Lipinski definition) is 9. The number of thioether (sulfide) groups is 1. The van der Waals surface area contributed by atoms with E-state index in [2.05, 4.69) is 20.9 Å². The number of nitrogens with zero attached hydrogens (tertiary/aromatic N) is 1. The number of primary amides is 2. The predicted molar refractivity (Wildman–Crippen MR) is 141 cm³/mol. The highest BCUT2D eigenvalue weighted by Crippen LogP contribution is 2.06. The third-order valence-electron chi connectivity index (χ3n) is 5.15. The number of aliphatic carboxylic acids is 1. The molecule has 16 nitrogen and oxygen atoms in total. The Hall–Kier alpha value is -3.60. The lowest BCUT2D eigenvalue weighted by Crippen LogP contribution is -2.57. The van der Waals surface area contributed by atoms with Crippen LogP contribution in [0.3, 0.4) is 0 Å². The smallest absolute Gasteiger partial charge is 0.326 e. The molecule has 0 fully saturated rings. The Morgan fingerprint density at radius 1 is 0.763 bits per heavy atom. The van der Waals surface area contributed by atoms with Crippen molar-refractivity contribution in [3.8, 4) is 0 Å². The first-order valence-electron chi connectivity index (χ1n) is 11.8. The molecular formula is C21H39N9O7S. The summed E-state index contributed by atoms with van der Waals surface area (Å²) in [6.07, 6.45) is 1.45. The number of nitrogens with one attached hydrogen (secondary N) is 3. The Labute approximate surface area is 224 Å². The maximum Gasteiger partial charge on any atom is 0.326 e. The minimum atomic E-state index is -1.35. The van der Waals surface area contributed by atoms with Crippen LogP contribution in [-0.2, 0) is 28.8 Å². The molecule has 0 heterocycles. The Morgan fingerprint density at radius 2 is 1.24 bits per heavy atom. The van der Waals surface area contributed by atoms with Gasteiger partial charge in [-0.1, -0.05) is 0 Å². The molecule has 0 aromatic rings. The van der Waals surface area contributed by atoms with Crippen molar-refractivity contribution in [2.24, 2.45) is 33.7 Å². The Kier molecular flexibility index (Phi) is 16.9. The summed E-state index contributed by atoms with van der Waals surface area (Å²) < 4.78 is 0. The molecule has 0 radical (unpaired) electrons. The molecule has 0 saturated heterocycles. The van der Waals surface area contributed by atoms with Gasteiger partial charge in [0.25, 0.3) is 0 Å². The van der Waals surface area contributed by atoms with E-state index in [0.29, 0.717) is 12.2 Å². The van der Waals surface area contributed by atoms with E-state index in [1.54, 1.807) is 6.26 Å². The summed E-state index contributed by atoms with van der Waals surface area (Å²) in [6.45, 7) is 0.236. The third kappa shape index (κ3) is 15.5. The van der Waals surface area contributed by atoms with E-state index in [9.17, 15) is 33.9 Å². The average Bonchev–Trinajstić information content (AvgIpc) is 2.83. The number of nitrogens with two attached hydrogens (primary N) is 5. The maximum absolute atomic E-state index is 13.0. The number of aliphatic imine (C=N–C) groups is 1. The number of rotatable bonds is 20. The summed E-state index contributed by atoms with van der Waals surface area (Å²) in [7, 11) is 0. The molecule has 38 heavy (non-hydrogen) atoms. The minimum absolute atomic E-state index is 0.111. The van der Waals surface area contributed by atoms with Gasteiger partial charge in [0.2, 0.25) is 29.5 Å². The molecule has 0 aliphatic carbocycles. The van der Waals surface area contributed by atoms with Crippen LogP contribution < -0.4 is 44.6 Å². The van der Waals surface area contributed by atoms with Crippen LogP contribution in [-0.4, -0.2) is 89.3 Å². The predicted octanol–water partition coefficient (Wildman–Crippen LogP) is -3.81. The summed E-state index contributed by atoms with van der Waals surface area (Å²) >= 11 is 1.38. The number of guanidine groups is 1. The first-order valence-corrected chi connectivity index (χ1v) is 13.2. The quantitative estimate of drug-likeness (QED) is 0.0394. The van der Waals surface area contributed by atoms with Crippen molar-refractivity contribution in [1.29, 1.82) is 0 Å². The van der Waals surface area contributed by atoms with E-state index in [4.69, 9.17) is 28.7 Å². The van der Waals surface area contributed by atoms with Crippen LogP contribution in [0.5, 0.6) is 0 Å². The van der Waals surface area contributed by atoms with Crippen LogP contribution in [0.25, 0.3) is 0 Å². The molecule has 216 valence electrons. The summed E-state index contributed by atoms with van der Waals surface area (Å²) in [6, 6.07) is -4.93. The number of carbonyl (C=O) groups is 6. The molecule has 0 aromatic carbocycles. The normalized spacial score (nSPS) is 13.7. The minimum Gasteiger partial charge on any atom is -0.480 e. The lowest BCUT2D eigenvalue weighted by Gasteiger charge is -2.25. The van der Waals surface area contributed by atoms with E-state index in [0.717, 1.165) is 0 Å². The number of amides is 5. The topological polar surface area (TPSA) is 301 Å². The Morgan fingerprint density at radius 3 is 1.66 bits per heavy atom. The fourth-order valence-corrected chi connectivity index (χ4v) is 3.55. The Bertz CT molecular complexity index is 868. The van der Waals surface area contributed by atoms with Crippen molar-refractivity contribution in [3.05, 3.63) is 0 Å². The van der Waals surface area contributed by atoms with Gasteiger partial charge in [0.05, 0.1) is 6.04 Å². The zero-order valence-electron chi connectivity index (χ0n) is 21.3. The standard InChI is InChI=1S/C21H39N9O7S/c1-38-10-8-14(20(36)37)30-19(35)13(5-7-16(24)32)29-18(34)12(4-6-15(23)31)28-17(33)11(22)3-2-9-27-21(25)26/h11-14H,2-10,22H2,1H3,(H2,23,31)(H2,24,32)(H,28,33)(H,29,34)(H,30,35)(H,36,37)(H4,25,26,27). The number of carbonyl (C=O) groups excluding carboxylic acids is 5. The molecule has 4 unspecified atom stereocenters. The second-order valence-electron chi connectivity index (χ2n) is 8.37. The molecule has 0 aliphatic heterocycles. The summed E-state index contributed by atoms with van der Waals surface area (Å²) in [5, 5.41) is 16.5. The van der Waals surface area contributed by atoms with Crippen LogP contribution in [0.2, 0.25) is 0 Å². The van der Waals surface area contributed by atoms with Crippen LogP contribution >= 0.6 is 11.8 Å². The molecule has 4 atom stereocenters. The van der Waals surface area contributed by atoms with Gasteiger partial charge in [-0.15, -0.1) is 0 Å². The summed E-state index contributed by atoms with van der Waals surface area (Å²) in [4.78, 5) is 76.3. The maximum atomic E-state index is 13.0. The van der Waals surface area contributed by atoms with Gasteiger partial charge in [-0.2, -0.15) is 11.8 Å². The first kappa shape index (κ1) is 34.4. The SMILES string of the molecule is CSCCC(NC(=O)C(CCC(N)=O)NC(=O)C(CCC(N)=O)NC(=O)C(N)CCCN=C(N)N)C(=O)O. The molecule has 0 spiro atoms. The fraction of sp³-hybridized carbons (Fsp3) is 0.667. The summed E-state index contributed by atoms with van der Waals surface area (Å²) in [5.41, 5.74) is 26.7. The van der Waals surface area contributed by atoms with Crippen molar-refractivity contribution < 1.29 is 33.9 Å². The monoisotopic (exact) mass is 561 g/mol. The second-order valence-corrected chi connectivity index (χ2v) is 9.35. The number of carboxylic acids is 1. The van der Waals surface area contributed by atoms with Gasteiger partial charge < -0.3 is 49.7 Å². The highest BCUT2D eigenvalue weighted by molar-refractivity contribution is 7.98. The van der Waals surface area contributed by atoms with E-state index in [1.165, 1.54) is 11.8 Å². The molecule has 0 aromatic heterocycles. The van der Waals surface area contributed by atoms with Crippen molar-refractivity contribution in [1.82, 2.24) is 16.0 Å². The van der Waals surface area contributed by atoms with Gasteiger partial charge in [-0.25, -0.2) is 4.79 Å². The highest BCUT2D eigenvalue weighted by Gasteiger charge is 2.30. The lowest BCUT2D eigenvalue weighted by molar-refractivity contribution is -0.142. The number of hydrogen-bond donors (Lipinski definition) is 9. The molecule has 0 aliphatic rings. The van der Waals surface area contributed by atoms with E-state index < -0.39 is 59.7 Å². The van der Waals surface area contributed by atoms with Crippen molar-refractivity contribution in [2.45, 2.75) is 69.1 Å². The van der Waals surface area contributed by atoms with Gasteiger partial charge in [0.1, 0.15) is 18.1 Å². The van der Waals surface area contributed by atoms with Crippen LogP contribution in [0.4, 0.5) is 0 Å². The molecule has 5 amide bonds. The molecule has 17 heteroatoms. The van der Waals surface area contributed by atoms with E-state index in [-0.39, 0.29) is 51.0 Å². The van der Waals surface area contributed by atoms with Crippen LogP contribution in [0, 0.1) is 0 Å². The van der Waals surface area contributed by atoms with E-state index in [1.807, 2.05) is 0 Å². The Balaban J connectivity index is 5.53. The fourth-order valence-electron chi connectivity index (χ4n) is 3.08. The van der Waals surface area contributed by atoms with Crippen molar-refractivity contribution in [2.75, 3.05) is 18.6 Å². The van der Waals surface area contributed by atoms with Gasteiger partial charge in [-0.05, 0) is 44.1 Å². The number of carboxylic acid groups (broad SMARTS) is 1. The van der Waals surface area contributed by atoms with Crippen molar-refractivity contribution >= 4 is 53.2 Å². The first-order chi connectivity index (χ1) is 17.8. The molecular weight excluding hydrogens is 522 g/mol. The largest absolute Gasteiger partial charge is 0.480 e. The van der Waals surface area contributed by atoms with Gasteiger partial charge in [0, 0.05) is 19.4 Å². The van der Waals surface area contributed by atoms with Gasteiger partial charge in [0.15, 0.2) is 5.96 Å². The third-order valence-corrected chi connectivity index (χ3v) is 5.80. The molecule has 0 bridgehead atoms. The zero-order chi connectivity index (χ0) is 29.3. The second kappa shape index (κ2) is 18.6. The highest BCUT2D eigenvalue weighted by atomic mass is 32.2. The zero-order valence-corrected chi connectivity index (χ0v) is 22.1. The van der Waals surface area contributed by atoms with Crippen molar-refractivity contribution in [3.63, 3.8) is 0 Å². The molecule has 14 N–H and O–H groups in total. The molecule has 0 saturated carbocycles. The van der Waals surface area contributed by atoms with Crippen LogP contribution in [0.15, 0.2) is 4.99 Å².